The summed E-state index contributed by atoms with van der Waals surface area (Å²) in [6, 6.07) is 0. The fraction of sp³-hybridized carbons (Fsp3) is 0.400. The van der Waals surface area contributed by atoms with E-state index in [1.165, 1.54) is 0 Å². The van der Waals surface area contributed by atoms with Crippen molar-refractivity contribution in [3.63, 3.8) is 0 Å². The number of hydrogen-bond acceptors (Lipinski definition) is 2. The first-order chi connectivity index (χ1) is 6.57. The molecule has 0 saturated carbocycles. The van der Waals surface area contributed by atoms with Gasteiger partial charge >= 0.3 is 0 Å². The summed E-state index contributed by atoms with van der Waals surface area (Å²) in [6.07, 6.45) is 7.33. The minimum absolute atomic E-state index is 0.0261. The van der Waals surface area contributed by atoms with E-state index in [9.17, 15) is 0 Å². The molecule has 0 spiro atoms. The largest absolute Gasteiger partial charge is 0.345 e. The molecule has 0 fully saturated rings. The molecule has 0 unspecified atom stereocenters. The van der Waals surface area contributed by atoms with E-state index in [1.807, 2.05) is 17.1 Å². The highest BCUT2D eigenvalue weighted by molar-refractivity contribution is 5.55. The molecule has 2 aromatic rings. The van der Waals surface area contributed by atoms with Crippen LogP contribution in [-0.4, -0.2) is 19.7 Å². The average Bonchev–Trinajstić information content (AvgIpc) is 2.73. The van der Waals surface area contributed by atoms with Crippen LogP contribution in [0.5, 0.6) is 0 Å². The van der Waals surface area contributed by atoms with Gasteiger partial charge in [0, 0.05) is 11.8 Å². The molecule has 74 valence electrons. The van der Waals surface area contributed by atoms with Crippen molar-refractivity contribution >= 4 is 0 Å². The molecule has 0 atom stereocenters. The molecular formula is C10H14N4. The van der Waals surface area contributed by atoms with Crippen molar-refractivity contribution in [3.05, 3.63) is 24.9 Å². The monoisotopic (exact) mass is 190 g/mol. The molecule has 0 radical (unpaired) electrons. The lowest BCUT2D eigenvalue weighted by Crippen LogP contribution is -2.21. The van der Waals surface area contributed by atoms with Crippen molar-refractivity contribution in [1.29, 1.82) is 0 Å². The predicted molar refractivity (Wildman–Crippen MR) is 54.8 cm³/mol. The van der Waals surface area contributed by atoms with Crippen molar-refractivity contribution < 1.29 is 0 Å². The molecule has 4 nitrogen and oxygen atoms in total. The van der Waals surface area contributed by atoms with Gasteiger partial charge in [-0.05, 0) is 20.8 Å². The smallest absolute Gasteiger partial charge is 0.0924 e. The van der Waals surface area contributed by atoms with Gasteiger partial charge in [0.2, 0.25) is 0 Å². The van der Waals surface area contributed by atoms with Gasteiger partial charge in [0.05, 0.1) is 30.0 Å². The van der Waals surface area contributed by atoms with Crippen LogP contribution in [0, 0.1) is 0 Å². The van der Waals surface area contributed by atoms with Gasteiger partial charge in [-0.3, -0.25) is 4.68 Å². The van der Waals surface area contributed by atoms with E-state index in [2.05, 4.69) is 35.8 Å². The molecule has 1 N–H and O–H groups in total. The van der Waals surface area contributed by atoms with Gasteiger partial charge in [-0.15, -0.1) is 0 Å². The first-order valence-corrected chi connectivity index (χ1v) is 4.61. The molecule has 0 aliphatic rings. The van der Waals surface area contributed by atoms with Crippen molar-refractivity contribution in [1.82, 2.24) is 19.7 Å². The van der Waals surface area contributed by atoms with Crippen LogP contribution in [0.2, 0.25) is 0 Å². The summed E-state index contributed by atoms with van der Waals surface area (Å²) < 4.78 is 1.95. The van der Waals surface area contributed by atoms with E-state index >= 15 is 0 Å². The minimum atomic E-state index is 0.0261. The topological polar surface area (TPSA) is 46.5 Å². The van der Waals surface area contributed by atoms with Crippen LogP contribution in [0.3, 0.4) is 0 Å². The van der Waals surface area contributed by atoms with Crippen LogP contribution >= 0.6 is 0 Å². The van der Waals surface area contributed by atoms with Crippen LogP contribution in [0.25, 0.3) is 11.3 Å². The van der Waals surface area contributed by atoms with Gasteiger partial charge in [0.1, 0.15) is 0 Å². The zero-order chi connectivity index (χ0) is 10.2. The zero-order valence-electron chi connectivity index (χ0n) is 8.65. The average molecular weight is 190 g/mol. The number of hydrogen-bond donors (Lipinski definition) is 1. The molecule has 0 aromatic carbocycles. The lowest BCUT2D eigenvalue weighted by molar-refractivity contribution is 0.355. The summed E-state index contributed by atoms with van der Waals surface area (Å²) in [5.74, 6) is 0. The maximum absolute atomic E-state index is 4.31. The van der Waals surface area contributed by atoms with E-state index in [0.717, 1.165) is 11.3 Å². The molecule has 0 aliphatic heterocycles. The van der Waals surface area contributed by atoms with Gasteiger partial charge in [-0.25, -0.2) is 4.98 Å². The first-order valence-electron chi connectivity index (χ1n) is 4.61. The minimum Gasteiger partial charge on any atom is -0.345 e. The number of imidazole rings is 1. The summed E-state index contributed by atoms with van der Waals surface area (Å²) in [5, 5.41) is 4.31. The molecular weight excluding hydrogens is 176 g/mol. The van der Waals surface area contributed by atoms with Crippen molar-refractivity contribution in [2.24, 2.45) is 0 Å². The van der Waals surface area contributed by atoms with E-state index in [-0.39, 0.29) is 5.54 Å². The van der Waals surface area contributed by atoms with Crippen LogP contribution in [0.1, 0.15) is 20.8 Å². The Kier molecular flexibility index (Phi) is 1.91. The number of nitrogens with zero attached hydrogens (tertiary/aromatic N) is 3. The Morgan fingerprint density at radius 3 is 2.57 bits per heavy atom. The summed E-state index contributed by atoms with van der Waals surface area (Å²) in [4.78, 5) is 7.03. The number of rotatable bonds is 1. The maximum atomic E-state index is 4.31. The third kappa shape index (κ3) is 1.55. The Morgan fingerprint density at radius 2 is 2.07 bits per heavy atom. The Balaban J connectivity index is 2.36. The molecule has 2 rings (SSSR count). The second-order valence-electron chi connectivity index (χ2n) is 4.31. The lowest BCUT2D eigenvalue weighted by atomic mass is 10.1. The molecule has 0 amide bonds. The van der Waals surface area contributed by atoms with Crippen molar-refractivity contribution in [2.45, 2.75) is 26.3 Å². The number of aromatic amines is 1. The summed E-state index contributed by atoms with van der Waals surface area (Å²) in [7, 11) is 0. The van der Waals surface area contributed by atoms with E-state index in [4.69, 9.17) is 0 Å². The van der Waals surface area contributed by atoms with Crippen LogP contribution in [0.15, 0.2) is 24.9 Å². The molecule has 0 aliphatic carbocycles. The third-order valence-electron chi connectivity index (χ3n) is 2.08. The quantitative estimate of drug-likeness (QED) is 0.747. The van der Waals surface area contributed by atoms with Crippen molar-refractivity contribution in [3.8, 4) is 11.3 Å². The molecule has 0 bridgehead atoms. The Labute approximate surface area is 83.0 Å². The highest BCUT2D eigenvalue weighted by atomic mass is 15.3. The SMILES string of the molecule is CC(C)(C)n1cc(-c2cnc[nH]2)cn1. The summed E-state index contributed by atoms with van der Waals surface area (Å²) >= 11 is 0. The Hall–Kier alpha value is -1.58. The third-order valence-corrected chi connectivity index (χ3v) is 2.08. The summed E-state index contributed by atoms with van der Waals surface area (Å²) in [5.41, 5.74) is 2.09. The van der Waals surface area contributed by atoms with E-state index in [0.29, 0.717) is 0 Å². The maximum Gasteiger partial charge on any atom is 0.0924 e. The number of aromatic nitrogens is 4. The Bertz CT molecular complexity index is 406. The van der Waals surface area contributed by atoms with Gasteiger partial charge < -0.3 is 4.98 Å². The predicted octanol–water partition coefficient (Wildman–Crippen LogP) is 2.03. The van der Waals surface area contributed by atoms with Gasteiger partial charge in [0.25, 0.3) is 0 Å². The van der Waals surface area contributed by atoms with Gasteiger partial charge in [-0.1, -0.05) is 0 Å². The highest BCUT2D eigenvalue weighted by Gasteiger charge is 2.14. The normalized spacial score (nSPS) is 11.9. The van der Waals surface area contributed by atoms with Gasteiger partial charge in [0.15, 0.2) is 0 Å². The lowest BCUT2D eigenvalue weighted by Gasteiger charge is -2.18. The Morgan fingerprint density at radius 1 is 1.29 bits per heavy atom. The fourth-order valence-electron chi connectivity index (χ4n) is 1.24. The number of nitrogens with one attached hydrogen (secondary N) is 1. The van der Waals surface area contributed by atoms with Crippen LogP contribution < -0.4 is 0 Å². The molecule has 4 heteroatoms. The number of H-pyrrole nitrogens is 1. The first kappa shape index (κ1) is 8.99. The van der Waals surface area contributed by atoms with Crippen LogP contribution in [-0.2, 0) is 5.54 Å². The van der Waals surface area contributed by atoms with Gasteiger partial charge in [-0.2, -0.15) is 5.10 Å². The van der Waals surface area contributed by atoms with Crippen molar-refractivity contribution in [2.75, 3.05) is 0 Å². The zero-order valence-corrected chi connectivity index (χ0v) is 8.65. The van der Waals surface area contributed by atoms with E-state index < -0.39 is 0 Å². The standard InChI is InChI=1S/C10H14N4/c1-10(2,3)14-6-8(4-13-14)9-5-11-7-12-9/h4-7H,1-3H3,(H,11,12). The second kappa shape index (κ2) is 2.97. The second-order valence-corrected chi connectivity index (χ2v) is 4.31. The summed E-state index contributed by atoms with van der Waals surface area (Å²) in [6.45, 7) is 6.37. The fourth-order valence-corrected chi connectivity index (χ4v) is 1.24. The molecule has 2 aromatic heterocycles. The molecule has 0 saturated heterocycles. The van der Waals surface area contributed by atoms with E-state index in [1.54, 1.807) is 12.5 Å². The highest BCUT2D eigenvalue weighted by Crippen LogP contribution is 2.19. The van der Waals surface area contributed by atoms with Crippen LogP contribution in [0.4, 0.5) is 0 Å². The molecule has 14 heavy (non-hydrogen) atoms. The molecule has 2 heterocycles.